The van der Waals surface area contributed by atoms with Crippen LogP contribution in [0, 0.1) is 16.7 Å². The number of nitrogens with two attached hydrogens (primary N) is 1. The molecule has 4 bridgehead atoms. The van der Waals surface area contributed by atoms with Gasteiger partial charge in [-0.25, -0.2) is 0 Å². The number of thiocarbonyl (C=S) groups is 1. The molecule has 0 aromatic heterocycles. The topological polar surface area (TPSA) is 38.0 Å². The van der Waals surface area contributed by atoms with Gasteiger partial charge < -0.3 is 11.1 Å². The SMILES string of the molecule is N[C@H]1CC[C@H](NC(=S)C23C[C@@H]4CC(CCl)(C2)CC(c2ccccc2)(C4)C3)CC1. The fourth-order valence-corrected chi connectivity index (χ4v) is 8.45. The molecule has 5 saturated carbocycles. The lowest BCUT2D eigenvalue weighted by Gasteiger charge is -2.67. The zero-order chi connectivity index (χ0) is 19.4. The molecule has 0 radical (unpaired) electrons. The molecule has 3 N–H and O–H groups in total. The Bertz CT molecular complexity index is 746. The summed E-state index contributed by atoms with van der Waals surface area (Å²) in [5, 5.41) is 3.84. The van der Waals surface area contributed by atoms with Crippen LogP contribution in [-0.4, -0.2) is 23.0 Å². The molecule has 5 aliphatic carbocycles. The highest BCUT2D eigenvalue weighted by Gasteiger charge is 2.64. The molecule has 0 amide bonds. The van der Waals surface area contributed by atoms with Gasteiger partial charge in [0.1, 0.15) is 0 Å². The van der Waals surface area contributed by atoms with Crippen LogP contribution in [0.1, 0.15) is 69.8 Å². The van der Waals surface area contributed by atoms with Gasteiger partial charge in [-0.15, -0.1) is 11.6 Å². The molecule has 0 aliphatic heterocycles. The first-order valence-electron chi connectivity index (χ1n) is 11.1. The maximum Gasteiger partial charge on any atom is 0.0818 e. The molecular weight excluding hydrogens is 384 g/mol. The van der Waals surface area contributed by atoms with Gasteiger partial charge in [0, 0.05) is 23.4 Å². The number of halogens is 1. The summed E-state index contributed by atoms with van der Waals surface area (Å²) >= 11 is 12.8. The maximum absolute atomic E-state index is 6.67. The minimum Gasteiger partial charge on any atom is -0.376 e. The van der Waals surface area contributed by atoms with Crippen molar-refractivity contribution in [2.24, 2.45) is 22.5 Å². The summed E-state index contributed by atoms with van der Waals surface area (Å²) in [7, 11) is 0. The highest BCUT2D eigenvalue weighted by molar-refractivity contribution is 7.80. The Morgan fingerprint density at radius 1 is 1.04 bits per heavy atom. The molecule has 0 heterocycles. The third kappa shape index (κ3) is 3.13. The zero-order valence-corrected chi connectivity index (χ0v) is 18.3. The first-order valence-corrected chi connectivity index (χ1v) is 12.1. The maximum atomic E-state index is 6.67. The Kier molecular flexibility index (Phi) is 4.80. The van der Waals surface area contributed by atoms with Crippen molar-refractivity contribution in [1.82, 2.24) is 5.32 Å². The van der Waals surface area contributed by atoms with Crippen molar-refractivity contribution >= 4 is 28.8 Å². The highest BCUT2D eigenvalue weighted by atomic mass is 35.5. The predicted octanol–water partition coefficient (Wildman–Crippen LogP) is 5.32. The molecule has 3 unspecified atom stereocenters. The Morgan fingerprint density at radius 2 is 1.79 bits per heavy atom. The van der Waals surface area contributed by atoms with E-state index in [0.717, 1.165) is 42.5 Å². The fourth-order valence-electron chi connectivity index (χ4n) is 7.76. The lowest BCUT2D eigenvalue weighted by Crippen LogP contribution is -2.63. The van der Waals surface area contributed by atoms with Gasteiger partial charge in [-0.3, -0.25) is 0 Å². The molecule has 0 spiro atoms. The van der Waals surface area contributed by atoms with Gasteiger partial charge in [-0.2, -0.15) is 0 Å². The average molecular weight is 417 g/mol. The third-order valence-electron chi connectivity index (χ3n) is 8.44. The van der Waals surface area contributed by atoms with Gasteiger partial charge >= 0.3 is 0 Å². The van der Waals surface area contributed by atoms with Crippen molar-refractivity contribution in [2.45, 2.75) is 81.7 Å². The van der Waals surface area contributed by atoms with Gasteiger partial charge in [0.05, 0.1) is 4.99 Å². The molecule has 1 aromatic rings. The van der Waals surface area contributed by atoms with Crippen molar-refractivity contribution in [3.8, 4) is 0 Å². The van der Waals surface area contributed by atoms with Crippen molar-refractivity contribution < 1.29 is 0 Å². The molecule has 6 rings (SSSR count). The summed E-state index contributed by atoms with van der Waals surface area (Å²) in [4.78, 5) is 1.15. The molecule has 1 aromatic carbocycles. The van der Waals surface area contributed by atoms with Crippen LogP contribution in [0.2, 0.25) is 0 Å². The summed E-state index contributed by atoms with van der Waals surface area (Å²) in [6.07, 6.45) is 12.1. The van der Waals surface area contributed by atoms with E-state index in [4.69, 9.17) is 29.6 Å². The van der Waals surface area contributed by atoms with Crippen LogP contribution in [0.5, 0.6) is 0 Å². The summed E-state index contributed by atoms with van der Waals surface area (Å²) < 4.78 is 0. The molecule has 5 fully saturated rings. The van der Waals surface area contributed by atoms with Crippen LogP contribution in [0.25, 0.3) is 0 Å². The van der Waals surface area contributed by atoms with E-state index in [1.807, 2.05) is 0 Å². The number of alkyl halides is 1. The lowest BCUT2D eigenvalue weighted by molar-refractivity contribution is -0.0855. The van der Waals surface area contributed by atoms with Crippen molar-refractivity contribution in [2.75, 3.05) is 5.88 Å². The smallest absolute Gasteiger partial charge is 0.0818 e. The van der Waals surface area contributed by atoms with E-state index in [1.54, 1.807) is 0 Å². The Morgan fingerprint density at radius 3 is 2.50 bits per heavy atom. The molecule has 5 aliphatic rings. The van der Waals surface area contributed by atoms with Gasteiger partial charge in [-0.05, 0) is 86.5 Å². The van der Waals surface area contributed by atoms with Gasteiger partial charge in [0.15, 0.2) is 0 Å². The largest absolute Gasteiger partial charge is 0.376 e. The Labute approximate surface area is 180 Å². The minimum atomic E-state index is 0.138. The van der Waals surface area contributed by atoms with E-state index in [0.29, 0.717) is 12.1 Å². The monoisotopic (exact) mass is 416 g/mol. The van der Waals surface area contributed by atoms with Crippen molar-refractivity contribution in [3.05, 3.63) is 35.9 Å². The van der Waals surface area contributed by atoms with Crippen LogP contribution in [-0.2, 0) is 5.41 Å². The lowest BCUT2D eigenvalue weighted by atomic mass is 9.38. The molecule has 4 heteroatoms. The van der Waals surface area contributed by atoms with E-state index < -0.39 is 0 Å². The number of nitrogens with one attached hydrogen (secondary N) is 1. The summed E-state index contributed by atoms with van der Waals surface area (Å²) in [6, 6.07) is 12.1. The van der Waals surface area contributed by atoms with Gasteiger partial charge in [0.2, 0.25) is 0 Å². The van der Waals surface area contributed by atoms with Crippen LogP contribution in [0.15, 0.2) is 30.3 Å². The first-order chi connectivity index (χ1) is 13.5. The number of rotatable bonds is 4. The molecule has 2 nitrogen and oxygen atoms in total. The molecule has 152 valence electrons. The number of hydrogen-bond acceptors (Lipinski definition) is 2. The van der Waals surface area contributed by atoms with Gasteiger partial charge in [0.25, 0.3) is 0 Å². The number of hydrogen-bond donors (Lipinski definition) is 2. The summed E-state index contributed by atoms with van der Waals surface area (Å²) in [5.74, 6) is 1.54. The molecular formula is C24H33ClN2S. The predicted molar refractivity (Wildman–Crippen MR) is 121 cm³/mol. The summed E-state index contributed by atoms with van der Waals surface area (Å²) in [5.41, 5.74) is 8.29. The van der Waals surface area contributed by atoms with Crippen LogP contribution < -0.4 is 11.1 Å². The van der Waals surface area contributed by atoms with E-state index in [-0.39, 0.29) is 16.2 Å². The Hall–Kier alpha value is -0.640. The third-order valence-corrected chi connectivity index (χ3v) is 9.56. The first kappa shape index (κ1) is 19.3. The standard InChI is InChI=1S/C24H33ClN2S/c25-16-22-10-17-11-23(13-22,18-4-2-1-3-5-18)15-24(12-17,14-22)21(28)27-20-8-6-19(26)7-9-20/h1-5,17,19-20H,6-16,26H2,(H,27,28)/t17-,19-,20-,22?,23?,24?/m1/s1. The second-order valence-electron chi connectivity index (χ2n) is 10.7. The molecule has 28 heavy (non-hydrogen) atoms. The summed E-state index contributed by atoms with van der Waals surface area (Å²) in [6.45, 7) is 0. The Balaban J connectivity index is 1.45. The second-order valence-corrected chi connectivity index (χ2v) is 11.3. The van der Waals surface area contributed by atoms with Crippen molar-refractivity contribution in [1.29, 1.82) is 0 Å². The van der Waals surface area contributed by atoms with Crippen LogP contribution in [0.4, 0.5) is 0 Å². The van der Waals surface area contributed by atoms with E-state index in [1.165, 1.54) is 44.1 Å². The zero-order valence-electron chi connectivity index (χ0n) is 16.8. The van der Waals surface area contributed by atoms with Crippen LogP contribution >= 0.6 is 23.8 Å². The van der Waals surface area contributed by atoms with E-state index >= 15 is 0 Å². The molecule has 0 saturated heterocycles. The normalized spacial score (nSPS) is 44.4. The van der Waals surface area contributed by atoms with Crippen LogP contribution in [0.3, 0.4) is 0 Å². The van der Waals surface area contributed by atoms with E-state index in [2.05, 4.69) is 35.6 Å². The number of benzene rings is 1. The minimum absolute atomic E-state index is 0.138. The quantitative estimate of drug-likeness (QED) is 0.515. The molecule has 4 atom stereocenters. The van der Waals surface area contributed by atoms with E-state index in [9.17, 15) is 0 Å². The highest BCUT2D eigenvalue weighted by Crippen LogP contribution is 2.70. The second kappa shape index (κ2) is 6.96. The van der Waals surface area contributed by atoms with Crippen molar-refractivity contribution in [3.63, 3.8) is 0 Å². The fraction of sp³-hybridized carbons (Fsp3) is 0.708. The van der Waals surface area contributed by atoms with Gasteiger partial charge in [-0.1, -0.05) is 42.5 Å². The average Bonchev–Trinajstić information content (AvgIpc) is 2.69.